The normalized spacial score (nSPS) is 14.2. The molecule has 1 aromatic heterocycles. The summed E-state index contributed by atoms with van der Waals surface area (Å²) in [6.07, 6.45) is 0.732. The number of imide groups is 1. The van der Waals surface area contributed by atoms with Crippen molar-refractivity contribution in [2.45, 2.75) is 108 Å². The fourth-order valence-corrected chi connectivity index (χ4v) is 7.95. The maximum Gasteiger partial charge on any atom is 0.425 e. The smallest absolute Gasteiger partial charge is 0.425 e. The minimum Gasteiger partial charge on any atom is -0.443 e. The molecule has 0 radical (unpaired) electrons. The van der Waals surface area contributed by atoms with Crippen LogP contribution in [0.1, 0.15) is 91.0 Å². The van der Waals surface area contributed by atoms with Gasteiger partial charge in [-0.15, -0.1) is 0 Å². The van der Waals surface area contributed by atoms with Gasteiger partial charge in [-0.25, -0.2) is 23.0 Å². The van der Waals surface area contributed by atoms with E-state index in [0.29, 0.717) is 46.1 Å². The molecule has 0 aliphatic heterocycles. The van der Waals surface area contributed by atoms with Gasteiger partial charge in [0.2, 0.25) is 5.91 Å². The van der Waals surface area contributed by atoms with E-state index in [0.717, 1.165) is 10.5 Å². The van der Waals surface area contributed by atoms with Crippen molar-refractivity contribution in [3.63, 3.8) is 0 Å². The van der Waals surface area contributed by atoms with Gasteiger partial charge in [0.1, 0.15) is 17.2 Å². The predicted molar refractivity (Wildman–Crippen MR) is 217 cm³/mol. The average molecular weight is 788 g/mol. The Balaban J connectivity index is 1.55. The standard InChI is InChI=1S/C42H53N5O8S/c1-40(2,3)54-38(50)47(39(51)55-41(4,5)6)36-33-17-14-31(23-26(33)19-20-44-36)45-35(27-11-10-12-29(21-27)42(7,8)25-48)37(49)46(9)24-28-22-30(43)13-18-34(28)56(52,53)32-15-16-32/h10-14,17-23,32,35,45,48H,15-16,24-25,43H2,1-9H3. The Morgan fingerprint density at radius 1 is 0.911 bits per heavy atom. The Bertz CT molecular complexity index is 2210. The lowest BCUT2D eigenvalue weighted by Crippen LogP contribution is -2.44. The van der Waals surface area contributed by atoms with Crippen LogP contribution >= 0.6 is 0 Å². The van der Waals surface area contributed by atoms with Crippen molar-refractivity contribution >= 4 is 55.9 Å². The number of benzene rings is 3. The number of fused-ring (bicyclic) bond motifs is 1. The second-order valence-electron chi connectivity index (χ2n) is 16.9. The molecule has 13 nitrogen and oxygen atoms in total. The number of anilines is 3. The first-order valence-electron chi connectivity index (χ1n) is 18.5. The molecule has 300 valence electrons. The number of amides is 3. The summed E-state index contributed by atoms with van der Waals surface area (Å²) in [5.41, 5.74) is 6.41. The molecule has 5 rings (SSSR count). The minimum atomic E-state index is -3.59. The molecule has 1 unspecified atom stereocenters. The van der Waals surface area contributed by atoms with Crippen LogP contribution in [-0.4, -0.2) is 71.6 Å². The number of ether oxygens (including phenoxy) is 2. The van der Waals surface area contributed by atoms with Crippen molar-refractivity contribution in [2.75, 3.05) is 29.6 Å². The summed E-state index contributed by atoms with van der Waals surface area (Å²) in [6, 6.07) is 17.9. The molecule has 1 atom stereocenters. The Morgan fingerprint density at radius 2 is 1.55 bits per heavy atom. The summed E-state index contributed by atoms with van der Waals surface area (Å²) < 4.78 is 37.9. The third-order valence-corrected chi connectivity index (χ3v) is 11.6. The number of pyridine rings is 1. The highest BCUT2D eigenvalue weighted by Crippen LogP contribution is 2.37. The van der Waals surface area contributed by atoms with Crippen molar-refractivity contribution in [2.24, 2.45) is 0 Å². The first-order chi connectivity index (χ1) is 26.0. The summed E-state index contributed by atoms with van der Waals surface area (Å²) in [6.45, 7) is 13.8. The lowest BCUT2D eigenvalue weighted by atomic mass is 9.84. The van der Waals surface area contributed by atoms with E-state index in [-0.39, 0.29) is 29.8 Å². The molecule has 4 aromatic rings. The number of carbonyl (C=O) groups is 3. The van der Waals surface area contributed by atoms with Crippen LogP contribution in [0.5, 0.6) is 0 Å². The van der Waals surface area contributed by atoms with E-state index in [1.807, 2.05) is 38.1 Å². The number of hydrogen-bond donors (Lipinski definition) is 3. The number of aromatic nitrogens is 1. The lowest BCUT2D eigenvalue weighted by molar-refractivity contribution is -0.131. The fourth-order valence-electron chi connectivity index (χ4n) is 6.09. The molecule has 1 aliphatic rings. The number of aliphatic hydroxyl groups excluding tert-OH is 1. The number of nitrogens with zero attached hydrogens (tertiary/aromatic N) is 3. The van der Waals surface area contributed by atoms with E-state index in [2.05, 4.69) is 10.3 Å². The van der Waals surface area contributed by atoms with Crippen molar-refractivity contribution in [3.05, 3.63) is 89.6 Å². The third-order valence-electron chi connectivity index (χ3n) is 9.20. The number of carbonyl (C=O) groups excluding carboxylic acids is 3. The van der Waals surface area contributed by atoms with Crippen LogP contribution in [0.25, 0.3) is 10.8 Å². The molecule has 1 aliphatic carbocycles. The molecule has 0 saturated heterocycles. The van der Waals surface area contributed by atoms with Gasteiger partial charge in [0.25, 0.3) is 0 Å². The van der Waals surface area contributed by atoms with Crippen LogP contribution in [0.3, 0.4) is 0 Å². The number of nitrogens with one attached hydrogen (secondary N) is 1. The molecule has 14 heteroatoms. The third kappa shape index (κ3) is 9.77. The monoisotopic (exact) mass is 787 g/mol. The van der Waals surface area contributed by atoms with Crippen molar-refractivity contribution < 1.29 is 37.4 Å². The van der Waals surface area contributed by atoms with Crippen LogP contribution in [0.15, 0.2) is 77.8 Å². The molecule has 0 bridgehead atoms. The van der Waals surface area contributed by atoms with Crippen molar-refractivity contribution in [1.29, 1.82) is 0 Å². The Hall–Kier alpha value is -5.21. The number of hydrogen-bond acceptors (Lipinski definition) is 11. The summed E-state index contributed by atoms with van der Waals surface area (Å²) >= 11 is 0. The number of aliphatic hydroxyl groups is 1. The molecule has 1 fully saturated rings. The Kier molecular flexibility index (Phi) is 11.8. The van der Waals surface area contributed by atoms with Gasteiger partial charge in [-0.3, -0.25) is 4.79 Å². The van der Waals surface area contributed by atoms with Gasteiger partial charge in [0.15, 0.2) is 15.7 Å². The van der Waals surface area contributed by atoms with E-state index < -0.39 is 49.9 Å². The summed E-state index contributed by atoms with van der Waals surface area (Å²) in [7, 11) is -1.98. The van der Waals surface area contributed by atoms with E-state index in [4.69, 9.17) is 15.2 Å². The van der Waals surface area contributed by atoms with Crippen molar-refractivity contribution in [1.82, 2.24) is 9.88 Å². The minimum absolute atomic E-state index is 0.00272. The van der Waals surface area contributed by atoms with Gasteiger partial charge in [0.05, 0.1) is 16.8 Å². The molecular weight excluding hydrogens is 735 g/mol. The van der Waals surface area contributed by atoms with E-state index in [1.165, 1.54) is 17.2 Å². The number of nitrogen functional groups attached to an aromatic ring is 1. The first kappa shape index (κ1) is 41.9. The second kappa shape index (κ2) is 15.7. The summed E-state index contributed by atoms with van der Waals surface area (Å²) in [5.74, 6) is -0.361. The maximum absolute atomic E-state index is 14.6. The van der Waals surface area contributed by atoms with Gasteiger partial charge < -0.3 is 30.5 Å². The molecule has 4 N–H and O–H groups in total. The quantitative estimate of drug-likeness (QED) is 0.128. The van der Waals surface area contributed by atoms with Gasteiger partial charge in [-0.1, -0.05) is 38.1 Å². The van der Waals surface area contributed by atoms with E-state index in [1.54, 1.807) is 85.0 Å². The second-order valence-corrected chi connectivity index (χ2v) is 19.1. The van der Waals surface area contributed by atoms with Gasteiger partial charge >= 0.3 is 12.2 Å². The molecule has 56 heavy (non-hydrogen) atoms. The number of rotatable bonds is 11. The molecular formula is C42H53N5O8S. The SMILES string of the molecule is CN(Cc1cc(N)ccc1S(=O)(=O)C1CC1)C(=O)C(Nc1ccc2c(N(C(=O)OC(C)(C)C)C(=O)OC(C)(C)C)nccc2c1)c1cccc(C(C)(C)CO)c1. The van der Waals surface area contributed by atoms with Crippen LogP contribution in [0.4, 0.5) is 26.8 Å². The highest BCUT2D eigenvalue weighted by molar-refractivity contribution is 7.92. The number of likely N-dealkylation sites (N-methyl/N-ethyl adjacent to an activating group) is 1. The van der Waals surface area contributed by atoms with Crippen molar-refractivity contribution in [3.8, 4) is 0 Å². The fraction of sp³-hybridized carbons (Fsp3) is 0.429. The highest BCUT2D eigenvalue weighted by atomic mass is 32.2. The Morgan fingerprint density at radius 3 is 2.14 bits per heavy atom. The predicted octanol–water partition coefficient (Wildman–Crippen LogP) is 7.51. The topological polar surface area (TPSA) is 181 Å². The zero-order chi connectivity index (χ0) is 41.4. The maximum atomic E-state index is 14.6. The number of nitrogens with two attached hydrogens (primary N) is 1. The van der Waals surface area contributed by atoms with Crippen LogP contribution in [0, 0.1) is 0 Å². The molecule has 3 amide bonds. The van der Waals surface area contributed by atoms with Crippen LogP contribution in [0.2, 0.25) is 0 Å². The van der Waals surface area contributed by atoms with E-state index >= 15 is 0 Å². The molecule has 3 aromatic carbocycles. The summed E-state index contributed by atoms with van der Waals surface area (Å²) in [4.78, 5) is 48.3. The van der Waals surface area contributed by atoms with E-state index in [9.17, 15) is 27.9 Å². The lowest BCUT2D eigenvalue weighted by Gasteiger charge is -2.29. The van der Waals surface area contributed by atoms with Crippen LogP contribution < -0.4 is 16.0 Å². The van der Waals surface area contributed by atoms with Gasteiger partial charge in [-0.05, 0) is 119 Å². The molecule has 1 heterocycles. The zero-order valence-electron chi connectivity index (χ0n) is 33.5. The van der Waals surface area contributed by atoms with Crippen LogP contribution in [-0.2, 0) is 36.1 Å². The first-order valence-corrected chi connectivity index (χ1v) is 20.1. The largest absolute Gasteiger partial charge is 0.443 e. The highest BCUT2D eigenvalue weighted by Gasteiger charge is 2.39. The zero-order valence-corrected chi connectivity index (χ0v) is 34.4. The average Bonchev–Trinajstić information content (AvgIpc) is 3.96. The van der Waals surface area contributed by atoms with Gasteiger partial charge in [-0.2, -0.15) is 4.90 Å². The van der Waals surface area contributed by atoms with Gasteiger partial charge in [0, 0.05) is 42.0 Å². The summed E-state index contributed by atoms with van der Waals surface area (Å²) in [5, 5.41) is 14.1. The molecule has 0 spiro atoms. The Labute approximate surface area is 329 Å². The molecule has 1 saturated carbocycles. The number of sulfone groups is 1.